The standard InChI is InChI=1S/C17H24N2O/c1-13-12-14-8-6-7-11-16(14)19(13)17(20)18-15-9-4-2-3-5-10-15/h6-8,11,13,15H,2-5,9-10,12H2,1H3,(H,18,20). The van der Waals surface area contributed by atoms with Crippen LogP contribution in [0.4, 0.5) is 10.5 Å². The third-order valence-electron chi connectivity index (χ3n) is 4.61. The van der Waals surface area contributed by atoms with Crippen molar-refractivity contribution in [3.8, 4) is 0 Å². The van der Waals surface area contributed by atoms with Crippen molar-refractivity contribution in [2.24, 2.45) is 0 Å². The third-order valence-corrected chi connectivity index (χ3v) is 4.61. The number of rotatable bonds is 1. The summed E-state index contributed by atoms with van der Waals surface area (Å²) in [5.74, 6) is 0. The van der Waals surface area contributed by atoms with E-state index in [9.17, 15) is 4.79 Å². The van der Waals surface area contributed by atoms with E-state index >= 15 is 0 Å². The quantitative estimate of drug-likeness (QED) is 0.773. The van der Waals surface area contributed by atoms with E-state index in [1.165, 1.54) is 31.2 Å². The first-order valence-electron chi connectivity index (χ1n) is 7.93. The maximum Gasteiger partial charge on any atom is 0.322 e. The molecule has 1 aliphatic heterocycles. The molecule has 3 heteroatoms. The Bertz CT molecular complexity index is 478. The molecule has 1 aromatic rings. The second-order valence-corrected chi connectivity index (χ2v) is 6.19. The van der Waals surface area contributed by atoms with Gasteiger partial charge >= 0.3 is 6.03 Å². The number of hydrogen-bond donors (Lipinski definition) is 1. The zero-order chi connectivity index (χ0) is 13.9. The summed E-state index contributed by atoms with van der Waals surface area (Å²) in [6.07, 6.45) is 8.36. The lowest BCUT2D eigenvalue weighted by molar-refractivity contribution is 0.240. The monoisotopic (exact) mass is 272 g/mol. The van der Waals surface area contributed by atoms with Gasteiger partial charge in [-0.2, -0.15) is 0 Å². The van der Waals surface area contributed by atoms with Gasteiger partial charge in [0.25, 0.3) is 0 Å². The Morgan fingerprint density at radius 1 is 1.15 bits per heavy atom. The van der Waals surface area contributed by atoms with Crippen LogP contribution in [0.15, 0.2) is 24.3 Å². The van der Waals surface area contributed by atoms with E-state index in [4.69, 9.17) is 0 Å². The van der Waals surface area contributed by atoms with Crippen LogP contribution in [0.5, 0.6) is 0 Å². The van der Waals surface area contributed by atoms with Crippen LogP contribution in [-0.4, -0.2) is 18.1 Å². The number of anilines is 1. The van der Waals surface area contributed by atoms with Gasteiger partial charge in [0.2, 0.25) is 0 Å². The van der Waals surface area contributed by atoms with Crippen molar-refractivity contribution in [2.75, 3.05) is 4.90 Å². The molecule has 108 valence electrons. The van der Waals surface area contributed by atoms with Crippen molar-refractivity contribution in [3.63, 3.8) is 0 Å². The van der Waals surface area contributed by atoms with Crippen LogP contribution >= 0.6 is 0 Å². The number of benzene rings is 1. The molecule has 1 unspecified atom stereocenters. The molecule has 3 nitrogen and oxygen atoms in total. The number of urea groups is 1. The summed E-state index contributed by atoms with van der Waals surface area (Å²) in [5.41, 5.74) is 2.38. The second kappa shape index (κ2) is 5.86. The van der Waals surface area contributed by atoms with E-state index in [0.29, 0.717) is 6.04 Å². The number of hydrogen-bond acceptors (Lipinski definition) is 1. The molecule has 1 aromatic carbocycles. The van der Waals surface area contributed by atoms with Gasteiger partial charge in [0.05, 0.1) is 0 Å². The van der Waals surface area contributed by atoms with Gasteiger partial charge in [-0.05, 0) is 37.8 Å². The molecule has 3 rings (SSSR count). The minimum Gasteiger partial charge on any atom is -0.335 e. The molecule has 1 N–H and O–H groups in total. The summed E-state index contributed by atoms with van der Waals surface area (Å²) in [4.78, 5) is 14.6. The lowest BCUT2D eigenvalue weighted by atomic mass is 10.1. The lowest BCUT2D eigenvalue weighted by Crippen LogP contribution is -2.47. The fourth-order valence-corrected chi connectivity index (χ4v) is 3.54. The summed E-state index contributed by atoms with van der Waals surface area (Å²) < 4.78 is 0. The Hall–Kier alpha value is -1.51. The highest BCUT2D eigenvalue weighted by molar-refractivity contribution is 5.95. The highest BCUT2D eigenvalue weighted by Gasteiger charge is 2.31. The van der Waals surface area contributed by atoms with E-state index in [-0.39, 0.29) is 12.1 Å². The molecular weight excluding hydrogens is 248 g/mol. The zero-order valence-electron chi connectivity index (χ0n) is 12.3. The molecule has 2 amide bonds. The van der Waals surface area contributed by atoms with E-state index in [2.05, 4.69) is 30.4 Å². The first kappa shape index (κ1) is 13.5. The first-order chi connectivity index (χ1) is 9.75. The molecule has 0 aromatic heterocycles. The summed E-state index contributed by atoms with van der Waals surface area (Å²) >= 11 is 0. The number of fused-ring (bicyclic) bond motifs is 1. The zero-order valence-corrected chi connectivity index (χ0v) is 12.3. The number of carbonyl (C=O) groups is 1. The number of para-hydroxylation sites is 1. The summed E-state index contributed by atoms with van der Waals surface area (Å²) in [6.45, 7) is 2.13. The molecule has 20 heavy (non-hydrogen) atoms. The topological polar surface area (TPSA) is 32.3 Å². The fourth-order valence-electron chi connectivity index (χ4n) is 3.54. The van der Waals surface area contributed by atoms with E-state index in [1.807, 2.05) is 11.0 Å². The first-order valence-corrected chi connectivity index (χ1v) is 7.93. The molecule has 1 heterocycles. The van der Waals surface area contributed by atoms with E-state index in [0.717, 1.165) is 24.9 Å². The van der Waals surface area contributed by atoms with Gasteiger partial charge in [-0.1, -0.05) is 43.9 Å². The van der Waals surface area contributed by atoms with Crippen LogP contribution in [0.25, 0.3) is 0 Å². The number of amides is 2. The highest BCUT2D eigenvalue weighted by Crippen LogP contribution is 2.32. The molecule has 1 atom stereocenters. The minimum absolute atomic E-state index is 0.0920. The normalized spacial score (nSPS) is 23.2. The third kappa shape index (κ3) is 2.67. The van der Waals surface area contributed by atoms with Crippen LogP contribution in [-0.2, 0) is 6.42 Å². The Labute approximate surface area is 121 Å². The van der Waals surface area contributed by atoms with Gasteiger partial charge in [-0.3, -0.25) is 4.90 Å². The predicted molar refractivity (Wildman–Crippen MR) is 82.1 cm³/mol. The molecule has 2 aliphatic rings. The van der Waals surface area contributed by atoms with Gasteiger partial charge in [-0.15, -0.1) is 0 Å². The molecule has 1 fully saturated rings. The average molecular weight is 272 g/mol. The predicted octanol–water partition coefficient (Wildman–Crippen LogP) is 3.87. The molecular formula is C17H24N2O. The molecule has 0 bridgehead atoms. The molecule has 0 saturated heterocycles. The van der Waals surface area contributed by atoms with Gasteiger partial charge in [0.1, 0.15) is 0 Å². The maximum atomic E-state index is 12.6. The molecule has 0 radical (unpaired) electrons. The second-order valence-electron chi connectivity index (χ2n) is 6.19. The van der Waals surface area contributed by atoms with E-state index in [1.54, 1.807) is 0 Å². The van der Waals surface area contributed by atoms with Crippen LogP contribution in [0.2, 0.25) is 0 Å². The van der Waals surface area contributed by atoms with Gasteiger partial charge in [0.15, 0.2) is 0 Å². The Morgan fingerprint density at radius 3 is 2.60 bits per heavy atom. The number of nitrogens with zero attached hydrogens (tertiary/aromatic N) is 1. The fraction of sp³-hybridized carbons (Fsp3) is 0.588. The highest BCUT2D eigenvalue weighted by atomic mass is 16.2. The molecule has 1 saturated carbocycles. The van der Waals surface area contributed by atoms with E-state index < -0.39 is 0 Å². The Kier molecular flexibility index (Phi) is 3.95. The summed E-state index contributed by atoms with van der Waals surface area (Å²) in [5, 5.41) is 3.26. The average Bonchev–Trinajstić information content (AvgIpc) is 2.60. The van der Waals surface area contributed by atoms with Crippen molar-refractivity contribution >= 4 is 11.7 Å². The van der Waals surface area contributed by atoms with Gasteiger partial charge < -0.3 is 5.32 Å². The van der Waals surface area contributed by atoms with Crippen LogP contribution in [0, 0.1) is 0 Å². The summed E-state index contributed by atoms with van der Waals surface area (Å²) in [7, 11) is 0. The van der Waals surface area contributed by atoms with Crippen LogP contribution in [0.1, 0.15) is 51.0 Å². The Balaban J connectivity index is 1.70. The lowest BCUT2D eigenvalue weighted by Gasteiger charge is -2.26. The molecule has 0 spiro atoms. The Morgan fingerprint density at radius 2 is 1.85 bits per heavy atom. The van der Waals surface area contributed by atoms with Crippen molar-refractivity contribution in [2.45, 2.75) is 64.0 Å². The summed E-state index contributed by atoms with van der Waals surface area (Å²) in [6, 6.07) is 8.98. The maximum absolute atomic E-state index is 12.6. The van der Waals surface area contributed by atoms with Crippen molar-refractivity contribution in [1.82, 2.24) is 5.32 Å². The minimum atomic E-state index is 0.0920. The van der Waals surface area contributed by atoms with Crippen molar-refractivity contribution < 1.29 is 4.79 Å². The number of nitrogens with one attached hydrogen (secondary N) is 1. The smallest absolute Gasteiger partial charge is 0.322 e. The van der Waals surface area contributed by atoms with Gasteiger partial charge in [0, 0.05) is 17.8 Å². The largest absolute Gasteiger partial charge is 0.335 e. The van der Waals surface area contributed by atoms with Crippen LogP contribution < -0.4 is 10.2 Å². The SMILES string of the molecule is CC1Cc2ccccc2N1C(=O)NC1CCCCCC1. The van der Waals surface area contributed by atoms with Crippen molar-refractivity contribution in [1.29, 1.82) is 0 Å². The van der Waals surface area contributed by atoms with Crippen LogP contribution in [0.3, 0.4) is 0 Å². The molecule has 1 aliphatic carbocycles. The van der Waals surface area contributed by atoms with Gasteiger partial charge in [-0.25, -0.2) is 4.79 Å². The number of carbonyl (C=O) groups excluding carboxylic acids is 1. The van der Waals surface area contributed by atoms with Crippen molar-refractivity contribution in [3.05, 3.63) is 29.8 Å².